The summed E-state index contributed by atoms with van der Waals surface area (Å²) < 4.78 is 5.49. The number of benzene rings is 1. The molecule has 1 N–H and O–H groups in total. The molecule has 0 atom stereocenters. The van der Waals surface area contributed by atoms with Crippen LogP contribution in [0.25, 0.3) is 0 Å². The zero-order valence-corrected chi connectivity index (χ0v) is 17.8. The molecule has 2 fully saturated rings. The molecule has 0 bridgehead atoms. The third-order valence-corrected chi connectivity index (χ3v) is 5.75. The maximum atomic E-state index is 5.49. The summed E-state index contributed by atoms with van der Waals surface area (Å²) in [7, 11) is 1.87. The number of ether oxygens (including phenoxy) is 1. The van der Waals surface area contributed by atoms with E-state index in [9.17, 15) is 0 Å². The van der Waals surface area contributed by atoms with E-state index in [1.54, 1.807) is 0 Å². The van der Waals surface area contributed by atoms with Crippen molar-refractivity contribution < 1.29 is 4.74 Å². The van der Waals surface area contributed by atoms with Crippen molar-refractivity contribution in [3.63, 3.8) is 0 Å². The van der Waals surface area contributed by atoms with E-state index in [2.05, 4.69) is 66.4 Å². The van der Waals surface area contributed by atoms with Gasteiger partial charge in [0.15, 0.2) is 5.96 Å². The van der Waals surface area contributed by atoms with Crippen LogP contribution in [0.15, 0.2) is 53.7 Å². The molecule has 7 heteroatoms. The van der Waals surface area contributed by atoms with Gasteiger partial charge in [0.1, 0.15) is 5.82 Å². The Hall–Kier alpha value is -2.64. The smallest absolute Gasteiger partial charge is 0.194 e. The van der Waals surface area contributed by atoms with Crippen LogP contribution >= 0.6 is 0 Å². The van der Waals surface area contributed by atoms with Gasteiger partial charge in [-0.05, 0) is 11.6 Å². The van der Waals surface area contributed by atoms with Gasteiger partial charge in [-0.2, -0.15) is 0 Å². The molecular formula is C23H32N6O. The van der Waals surface area contributed by atoms with E-state index in [0.29, 0.717) is 0 Å². The number of nitrogens with one attached hydrogen (secondary N) is 1. The highest BCUT2D eigenvalue weighted by Crippen LogP contribution is 2.18. The van der Waals surface area contributed by atoms with E-state index < -0.39 is 0 Å². The first-order valence-electron chi connectivity index (χ1n) is 10.8. The van der Waals surface area contributed by atoms with E-state index in [1.165, 1.54) is 11.1 Å². The molecule has 2 aliphatic rings. The molecule has 1 aromatic heterocycles. The van der Waals surface area contributed by atoms with Crippen LogP contribution in [-0.4, -0.2) is 80.3 Å². The fraction of sp³-hybridized carbons (Fsp3) is 0.478. The summed E-state index contributed by atoms with van der Waals surface area (Å²) >= 11 is 0. The Kier molecular flexibility index (Phi) is 7.16. The van der Waals surface area contributed by atoms with Crippen molar-refractivity contribution in [3.8, 4) is 0 Å². The van der Waals surface area contributed by atoms with Gasteiger partial charge in [0.05, 0.1) is 13.2 Å². The van der Waals surface area contributed by atoms with Gasteiger partial charge in [0, 0.05) is 71.2 Å². The zero-order valence-electron chi connectivity index (χ0n) is 17.8. The lowest BCUT2D eigenvalue weighted by molar-refractivity contribution is 0.122. The number of aromatic nitrogens is 1. The molecule has 0 radical (unpaired) electrons. The van der Waals surface area contributed by atoms with Gasteiger partial charge in [-0.25, -0.2) is 4.98 Å². The largest absolute Gasteiger partial charge is 0.378 e. The van der Waals surface area contributed by atoms with Crippen LogP contribution in [0.4, 0.5) is 5.82 Å². The highest BCUT2D eigenvalue weighted by molar-refractivity contribution is 5.80. The lowest BCUT2D eigenvalue weighted by Crippen LogP contribution is -2.52. The minimum atomic E-state index is 0.720. The fourth-order valence-electron chi connectivity index (χ4n) is 4.09. The van der Waals surface area contributed by atoms with Crippen LogP contribution in [0.1, 0.15) is 11.1 Å². The lowest BCUT2D eigenvalue weighted by atomic mass is 10.2. The van der Waals surface area contributed by atoms with Crippen LogP contribution in [0, 0.1) is 0 Å². The van der Waals surface area contributed by atoms with Gasteiger partial charge in [0.2, 0.25) is 0 Å². The Bertz CT molecular complexity index is 813. The number of pyridine rings is 1. The number of hydrogen-bond donors (Lipinski definition) is 1. The average Bonchev–Trinajstić information content (AvgIpc) is 2.82. The van der Waals surface area contributed by atoms with Crippen LogP contribution < -0.4 is 10.2 Å². The third kappa shape index (κ3) is 5.29. The Labute approximate surface area is 179 Å². The summed E-state index contributed by atoms with van der Waals surface area (Å²) in [4.78, 5) is 16.4. The Balaban J connectivity index is 1.31. The molecule has 2 aliphatic heterocycles. The molecule has 1 aromatic carbocycles. The van der Waals surface area contributed by atoms with Crippen LogP contribution in [0.2, 0.25) is 0 Å². The lowest BCUT2D eigenvalue weighted by Gasteiger charge is -2.36. The van der Waals surface area contributed by atoms with Crippen LogP contribution in [-0.2, 0) is 17.8 Å². The Morgan fingerprint density at radius 2 is 1.77 bits per heavy atom. The fourth-order valence-corrected chi connectivity index (χ4v) is 4.09. The molecule has 0 amide bonds. The van der Waals surface area contributed by atoms with Gasteiger partial charge in [-0.3, -0.25) is 9.89 Å². The van der Waals surface area contributed by atoms with Crippen molar-refractivity contribution in [3.05, 3.63) is 59.8 Å². The number of guanidine groups is 1. The molecule has 2 aromatic rings. The molecule has 0 saturated carbocycles. The summed E-state index contributed by atoms with van der Waals surface area (Å²) in [6.07, 6.45) is 1.87. The number of piperazine rings is 1. The highest BCUT2D eigenvalue weighted by Gasteiger charge is 2.21. The van der Waals surface area contributed by atoms with E-state index in [1.807, 2.05) is 19.3 Å². The molecule has 0 unspecified atom stereocenters. The normalized spacial score (nSPS) is 18.5. The van der Waals surface area contributed by atoms with Crippen molar-refractivity contribution in [1.82, 2.24) is 20.1 Å². The number of rotatable bonds is 5. The number of anilines is 1. The molecule has 0 aliphatic carbocycles. The summed E-state index contributed by atoms with van der Waals surface area (Å²) in [5.74, 6) is 2.02. The van der Waals surface area contributed by atoms with Crippen molar-refractivity contribution >= 4 is 11.8 Å². The first kappa shape index (κ1) is 20.6. The topological polar surface area (TPSA) is 56.2 Å². The highest BCUT2D eigenvalue weighted by atomic mass is 16.5. The molecule has 2 saturated heterocycles. The van der Waals surface area contributed by atoms with Crippen molar-refractivity contribution in [2.75, 3.05) is 64.4 Å². The predicted octanol–water partition coefficient (Wildman–Crippen LogP) is 1.81. The Morgan fingerprint density at radius 1 is 1.00 bits per heavy atom. The van der Waals surface area contributed by atoms with Crippen molar-refractivity contribution in [2.45, 2.75) is 13.1 Å². The Morgan fingerprint density at radius 3 is 2.50 bits per heavy atom. The van der Waals surface area contributed by atoms with E-state index in [4.69, 9.17) is 4.74 Å². The summed E-state index contributed by atoms with van der Waals surface area (Å²) in [5, 5.41) is 3.56. The number of nitrogens with zero attached hydrogens (tertiary/aromatic N) is 5. The molecule has 30 heavy (non-hydrogen) atoms. The maximum Gasteiger partial charge on any atom is 0.194 e. The maximum absolute atomic E-state index is 5.49. The SMILES string of the molecule is CN=C(NCc1cccnc1N1CCOCC1)N1CCN(Cc2ccccc2)CC1. The minimum absolute atomic E-state index is 0.720. The second-order valence-electron chi connectivity index (χ2n) is 7.74. The summed E-state index contributed by atoms with van der Waals surface area (Å²) in [5.41, 5.74) is 2.57. The third-order valence-electron chi connectivity index (χ3n) is 5.75. The average molecular weight is 409 g/mol. The molecule has 4 rings (SSSR count). The van der Waals surface area contributed by atoms with Crippen LogP contribution in [0.3, 0.4) is 0 Å². The van der Waals surface area contributed by atoms with E-state index in [0.717, 1.165) is 77.3 Å². The van der Waals surface area contributed by atoms with Gasteiger partial charge in [0.25, 0.3) is 0 Å². The quantitative estimate of drug-likeness (QED) is 0.602. The van der Waals surface area contributed by atoms with Gasteiger partial charge in [-0.15, -0.1) is 0 Å². The minimum Gasteiger partial charge on any atom is -0.378 e. The second-order valence-corrected chi connectivity index (χ2v) is 7.74. The van der Waals surface area contributed by atoms with Gasteiger partial charge in [-0.1, -0.05) is 36.4 Å². The summed E-state index contributed by atoms with van der Waals surface area (Å²) in [6, 6.07) is 14.9. The van der Waals surface area contributed by atoms with Crippen molar-refractivity contribution in [1.29, 1.82) is 0 Å². The standard InChI is InChI=1S/C23H32N6O/c1-24-23(29-12-10-27(11-13-29)19-20-6-3-2-4-7-20)26-18-21-8-5-9-25-22(21)28-14-16-30-17-15-28/h2-9H,10-19H2,1H3,(H,24,26). The molecule has 7 nitrogen and oxygen atoms in total. The predicted molar refractivity (Wildman–Crippen MR) is 121 cm³/mol. The molecule has 160 valence electrons. The van der Waals surface area contributed by atoms with Gasteiger partial charge >= 0.3 is 0 Å². The first-order valence-corrected chi connectivity index (χ1v) is 10.8. The monoisotopic (exact) mass is 408 g/mol. The molecule has 0 spiro atoms. The molecular weight excluding hydrogens is 376 g/mol. The number of aliphatic imine (C=N–C) groups is 1. The summed E-state index contributed by atoms with van der Waals surface area (Å²) in [6.45, 7) is 9.09. The van der Waals surface area contributed by atoms with Gasteiger partial charge < -0.3 is 19.9 Å². The first-order chi connectivity index (χ1) is 14.8. The van der Waals surface area contributed by atoms with Crippen LogP contribution in [0.5, 0.6) is 0 Å². The number of hydrogen-bond acceptors (Lipinski definition) is 5. The zero-order chi connectivity index (χ0) is 20.6. The second kappa shape index (κ2) is 10.4. The van der Waals surface area contributed by atoms with Crippen molar-refractivity contribution in [2.24, 2.45) is 4.99 Å². The number of morpholine rings is 1. The van der Waals surface area contributed by atoms with E-state index >= 15 is 0 Å². The van der Waals surface area contributed by atoms with E-state index in [-0.39, 0.29) is 0 Å². The molecule has 3 heterocycles.